The molecule has 0 aliphatic carbocycles. The molecule has 5 heteroatoms. The molecule has 7 heavy (non-hydrogen) atoms. The van der Waals surface area contributed by atoms with Crippen molar-refractivity contribution >= 4 is 10.1 Å². The Morgan fingerprint density at radius 2 is 2.00 bits per heavy atom. The van der Waals surface area contributed by atoms with Gasteiger partial charge in [-0.3, -0.25) is 4.55 Å². The average Bonchev–Trinajstić information content (AvgIpc) is 1.30. The summed E-state index contributed by atoms with van der Waals surface area (Å²) in [5, 5.41) is 0. The Bertz CT molecular complexity index is 126. The predicted molar refractivity (Wildman–Crippen MR) is 25.5 cm³/mol. The van der Waals surface area contributed by atoms with Gasteiger partial charge >= 0.3 is 0 Å². The van der Waals surface area contributed by atoms with Gasteiger partial charge in [-0.25, -0.2) is 0 Å². The van der Waals surface area contributed by atoms with Crippen LogP contribution >= 0.6 is 0 Å². The fourth-order valence-electron chi connectivity index (χ4n) is 0.149. The highest BCUT2D eigenvalue weighted by Gasteiger charge is 1.98. The highest BCUT2D eigenvalue weighted by molar-refractivity contribution is 7.85. The van der Waals surface area contributed by atoms with E-state index < -0.39 is 10.1 Å². The quantitative estimate of drug-likeness (QED) is 0.361. The molecule has 0 fully saturated rings. The highest BCUT2D eigenvalue weighted by Crippen LogP contribution is 1.74. The summed E-state index contributed by atoms with van der Waals surface area (Å²) < 4.78 is 27.3. The van der Waals surface area contributed by atoms with Crippen LogP contribution in [0, 0.1) is 0 Å². The molecule has 0 aliphatic rings. The second kappa shape index (κ2) is 2.25. The van der Waals surface area contributed by atoms with Crippen LogP contribution < -0.4 is 5.73 Å². The van der Waals surface area contributed by atoms with Crippen LogP contribution in [-0.4, -0.2) is 25.3 Å². The van der Waals surface area contributed by atoms with Crippen LogP contribution in [0.5, 0.6) is 0 Å². The molecule has 0 amide bonds. The van der Waals surface area contributed by atoms with Crippen molar-refractivity contribution in [1.82, 2.24) is 0 Å². The van der Waals surface area contributed by atoms with Crippen LogP contribution in [0.25, 0.3) is 0 Å². The van der Waals surface area contributed by atoms with Gasteiger partial charge in [-0.15, -0.1) is 0 Å². The molecule has 3 N–H and O–H groups in total. The van der Waals surface area contributed by atoms with E-state index in [0.29, 0.717) is 0 Å². The molecular formula is C2H7NO3S. The number of nitrogens with two attached hydrogens (primary N) is 1. The summed E-state index contributed by atoms with van der Waals surface area (Å²) >= 11 is 0. The molecule has 0 aromatic rings. The summed E-state index contributed by atoms with van der Waals surface area (Å²) in [7, 11) is -3.80. The number of hydrogen-bond acceptors (Lipinski definition) is 3. The normalized spacial score (nSPS) is 11.7. The average molecular weight is 126 g/mol. The van der Waals surface area contributed by atoms with Crippen LogP contribution in [0.4, 0.5) is 0 Å². The smallest absolute Gasteiger partial charge is 0.266 e. The molecule has 4 nitrogen and oxygen atoms in total. The first-order chi connectivity index (χ1) is 3.06. The molecule has 44 valence electrons. The van der Waals surface area contributed by atoms with Gasteiger partial charge in [0.05, 0.1) is 5.75 Å². The van der Waals surface area contributed by atoms with Gasteiger partial charge in [0.1, 0.15) is 0 Å². The van der Waals surface area contributed by atoms with Gasteiger partial charge < -0.3 is 5.73 Å². The van der Waals surface area contributed by atoms with Crippen LogP contribution in [0.2, 0.25) is 0 Å². The Labute approximate surface area is 42.1 Å². The van der Waals surface area contributed by atoms with Crippen LogP contribution in [0.1, 0.15) is 0 Å². The lowest BCUT2D eigenvalue weighted by atomic mass is 10.9. The molecule has 0 aromatic heterocycles. The van der Waals surface area contributed by atoms with E-state index in [2.05, 4.69) is 0 Å². The summed E-state index contributed by atoms with van der Waals surface area (Å²) in [5.74, 6) is -0.354. The van der Waals surface area contributed by atoms with E-state index >= 15 is 0 Å². The molecular weight excluding hydrogens is 119 g/mol. The van der Waals surface area contributed by atoms with Gasteiger partial charge in [-0.05, 0) is 0 Å². The number of rotatable bonds is 2. The summed E-state index contributed by atoms with van der Waals surface area (Å²) in [6.45, 7) is -0.0289. The van der Waals surface area contributed by atoms with Crippen LogP contribution in [0.3, 0.4) is 0 Å². The molecule has 0 unspecified atom stereocenters. The molecule has 0 spiro atoms. The maximum absolute atomic E-state index is 9.71. The van der Waals surface area contributed by atoms with Crippen LogP contribution in [-0.2, 0) is 10.1 Å². The monoisotopic (exact) mass is 126 g/mol. The van der Waals surface area contributed by atoms with Crippen molar-refractivity contribution in [2.75, 3.05) is 12.3 Å². The van der Waals surface area contributed by atoms with Crippen LogP contribution in [0.15, 0.2) is 0 Å². The third-order valence-electron chi connectivity index (χ3n) is 0.376. The molecule has 0 saturated heterocycles. The van der Waals surface area contributed by atoms with Gasteiger partial charge in [0.2, 0.25) is 0 Å². The third kappa shape index (κ3) is 5.87. The lowest BCUT2D eigenvalue weighted by Gasteiger charge is -1.86. The van der Waals surface area contributed by atoms with Gasteiger partial charge in [-0.2, -0.15) is 8.42 Å². The Balaban J connectivity index is 3.60. The summed E-state index contributed by atoms with van der Waals surface area (Å²) in [6.07, 6.45) is 0. The molecule has 0 aliphatic heterocycles. The fourth-order valence-corrected chi connectivity index (χ4v) is 0.447. The fraction of sp³-hybridized carbons (Fsp3) is 1.00. The van der Waals surface area contributed by atoms with E-state index in [0.717, 1.165) is 0 Å². The molecule has 0 rings (SSSR count). The molecule has 0 heterocycles. The third-order valence-corrected chi connectivity index (χ3v) is 1.13. The molecule has 0 radical (unpaired) electrons. The lowest BCUT2D eigenvalue weighted by Crippen LogP contribution is -2.13. The Kier molecular flexibility index (Phi) is 2.21. The first-order valence-electron chi connectivity index (χ1n) is 1.71. The van der Waals surface area contributed by atoms with Crippen molar-refractivity contribution in [2.45, 2.75) is 0 Å². The zero-order valence-electron chi connectivity index (χ0n) is 3.66. The summed E-state index contributed by atoms with van der Waals surface area (Å²) in [6, 6.07) is 0. The van der Waals surface area contributed by atoms with E-state index in [9.17, 15) is 8.42 Å². The van der Waals surface area contributed by atoms with Gasteiger partial charge in [-0.1, -0.05) is 0 Å². The number of hydrogen-bond donors (Lipinski definition) is 2. The summed E-state index contributed by atoms with van der Waals surface area (Å²) in [4.78, 5) is 0. The second-order valence-corrected chi connectivity index (χ2v) is 2.65. The Morgan fingerprint density at radius 1 is 1.57 bits per heavy atom. The predicted octanol–water partition coefficient (Wildman–Crippen LogP) is -1.17. The minimum Gasteiger partial charge on any atom is -0.329 e. The standard InChI is InChI=1S/C2H7NO3S/c3-1-2-7(4,5)6/h1-3H2,(H,4,5,6)/i3+1. The topological polar surface area (TPSA) is 80.4 Å². The Morgan fingerprint density at radius 3 is 2.00 bits per heavy atom. The van der Waals surface area contributed by atoms with Crippen molar-refractivity contribution in [1.29, 1.82) is 0 Å². The maximum atomic E-state index is 9.71. The van der Waals surface area contributed by atoms with Crippen molar-refractivity contribution in [3.05, 3.63) is 0 Å². The molecule has 0 bridgehead atoms. The largest absolute Gasteiger partial charge is 0.329 e. The Hall–Kier alpha value is -0.130. The minimum absolute atomic E-state index is 0.0289. The first kappa shape index (κ1) is 6.87. The van der Waals surface area contributed by atoms with Crippen molar-refractivity contribution < 1.29 is 13.0 Å². The summed E-state index contributed by atoms with van der Waals surface area (Å²) in [5.41, 5.74) is 4.78. The van der Waals surface area contributed by atoms with E-state index in [4.69, 9.17) is 10.3 Å². The zero-order chi connectivity index (χ0) is 5.91. The lowest BCUT2D eigenvalue weighted by molar-refractivity contribution is 0.483. The zero-order valence-corrected chi connectivity index (χ0v) is 4.48. The maximum Gasteiger partial charge on any atom is 0.266 e. The van der Waals surface area contributed by atoms with E-state index in [1.54, 1.807) is 0 Å². The molecule has 0 atom stereocenters. The van der Waals surface area contributed by atoms with E-state index in [-0.39, 0.29) is 12.3 Å². The van der Waals surface area contributed by atoms with Crippen molar-refractivity contribution in [3.8, 4) is 0 Å². The minimum atomic E-state index is -3.80. The first-order valence-corrected chi connectivity index (χ1v) is 3.32. The van der Waals surface area contributed by atoms with Gasteiger partial charge in [0.15, 0.2) is 0 Å². The van der Waals surface area contributed by atoms with Crippen molar-refractivity contribution in [3.63, 3.8) is 0 Å². The van der Waals surface area contributed by atoms with E-state index in [1.807, 2.05) is 0 Å². The second-order valence-electron chi connectivity index (χ2n) is 1.07. The SMILES string of the molecule is [15NH2]CCS(=O)(=O)O. The van der Waals surface area contributed by atoms with E-state index in [1.165, 1.54) is 0 Å². The molecule has 0 aromatic carbocycles. The van der Waals surface area contributed by atoms with Crippen molar-refractivity contribution in [2.24, 2.45) is 5.73 Å². The van der Waals surface area contributed by atoms with Gasteiger partial charge in [0, 0.05) is 6.54 Å². The molecule has 0 saturated carbocycles. The highest BCUT2D eigenvalue weighted by atomic mass is 32.2. The van der Waals surface area contributed by atoms with Gasteiger partial charge in [0.25, 0.3) is 10.1 Å².